The summed E-state index contributed by atoms with van der Waals surface area (Å²) in [6.07, 6.45) is 0.833. The second kappa shape index (κ2) is 6.27. The lowest BCUT2D eigenvalue weighted by Crippen LogP contribution is -2.44. The molecule has 0 aromatic heterocycles. The molecule has 0 bridgehead atoms. The summed E-state index contributed by atoms with van der Waals surface area (Å²) in [6.45, 7) is 3.83. The Morgan fingerprint density at radius 1 is 1.33 bits per heavy atom. The van der Waals surface area contributed by atoms with E-state index in [4.69, 9.17) is 0 Å². The molecule has 0 radical (unpaired) electrons. The van der Waals surface area contributed by atoms with E-state index in [0.29, 0.717) is 5.56 Å². The molecule has 0 saturated heterocycles. The van der Waals surface area contributed by atoms with Crippen LogP contribution >= 0.6 is 15.9 Å². The molecule has 1 aromatic rings. The predicted octanol–water partition coefficient (Wildman–Crippen LogP) is 3.19. The Labute approximate surface area is 114 Å². The maximum Gasteiger partial charge on any atom is 0.224 e. The quantitative estimate of drug-likeness (QED) is 0.830. The van der Waals surface area contributed by atoms with E-state index in [1.807, 2.05) is 13.8 Å². The van der Waals surface area contributed by atoms with Crippen molar-refractivity contribution in [1.29, 1.82) is 0 Å². The fourth-order valence-corrected chi connectivity index (χ4v) is 2.55. The van der Waals surface area contributed by atoms with Gasteiger partial charge in [-0.25, -0.2) is 8.78 Å². The Bertz CT molecular complexity index is 435. The molecular weight excluding hydrogens is 304 g/mol. The molecule has 0 unspecified atom stereocenters. The Hall–Kier alpha value is -0.970. The van der Waals surface area contributed by atoms with Gasteiger partial charge in [-0.1, -0.05) is 22.0 Å². The zero-order chi connectivity index (χ0) is 13.8. The molecule has 1 rings (SSSR count). The van der Waals surface area contributed by atoms with Crippen LogP contribution in [0, 0.1) is 11.6 Å². The molecular formula is C13H16BrF2NO. The molecule has 0 spiro atoms. The fourth-order valence-electron chi connectivity index (χ4n) is 1.56. The van der Waals surface area contributed by atoms with Crippen molar-refractivity contribution in [3.63, 3.8) is 0 Å². The Balaban J connectivity index is 2.62. The van der Waals surface area contributed by atoms with Crippen molar-refractivity contribution in [2.24, 2.45) is 0 Å². The van der Waals surface area contributed by atoms with E-state index in [-0.39, 0.29) is 17.9 Å². The highest BCUT2D eigenvalue weighted by Crippen LogP contribution is 2.12. The second-order valence-electron chi connectivity index (χ2n) is 4.80. The van der Waals surface area contributed by atoms with Gasteiger partial charge in [-0.3, -0.25) is 4.79 Å². The summed E-state index contributed by atoms with van der Waals surface area (Å²) in [5.41, 5.74) is 0.139. The van der Waals surface area contributed by atoms with Crippen LogP contribution in [0.25, 0.3) is 0 Å². The van der Waals surface area contributed by atoms with Crippen molar-refractivity contribution in [3.8, 4) is 0 Å². The van der Waals surface area contributed by atoms with Crippen LogP contribution in [0.2, 0.25) is 0 Å². The first-order chi connectivity index (χ1) is 8.34. The van der Waals surface area contributed by atoms with Gasteiger partial charge in [0.05, 0.1) is 6.42 Å². The fraction of sp³-hybridized carbons (Fsp3) is 0.462. The molecule has 0 aliphatic heterocycles. The van der Waals surface area contributed by atoms with Crippen molar-refractivity contribution in [2.45, 2.75) is 32.2 Å². The first-order valence-corrected chi connectivity index (χ1v) is 6.77. The van der Waals surface area contributed by atoms with Gasteiger partial charge in [-0.15, -0.1) is 0 Å². The van der Waals surface area contributed by atoms with Gasteiger partial charge in [-0.05, 0) is 38.0 Å². The number of halogens is 3. The molecule has 1 N–H and O–H groups in total. The van der Waals surface area contributed by atoms with Crippen molar-refractivity contribution in [1.82, 2.24) is 5.32 Å². The molecule has 0 atom stereocenters. The number of carbonyl (C=O) groups excluding carboxylic acids is 1. The van der Waals surface area contributed by atoms with E-state index in [2.05, 4.69) is 21.2 Å². The number of hydrogen-bond donors (Lipinski definition) is 1. The van der Waals surface area contributed by atoms with E-state index >= 15 is 0 Å². The Kier molecular flexibility index (Phi) is 5.26. The standard InChI is InChI=1S/C13H16BrF2NO/c1-13(2,5-6-14)17-12(18)8-9-3-4-10(15)11(16)7-9/h3-4,7H,5-6,8H2,1-2H3,(H,17,18). The number of benzene rings is 1. The molecule has 1 amide bonds. The van der Waals surface area contributed by atoms with Crippen molar-refractivity contribution in [3.05, 3.63) is 35.4 Å². The van der Waals surface area contributed by atoms with Gasteiger partial charge in [-0.2, -0.15) is 0 Å². The molecule has 100 valence electrons. The zero-order valence-electron chi connectivity index (χ0n) is 10.4. The van der Waals surface area contributed by atoms with Gasteiger partial charge >= 0.3 is 0 Å². The maximum absolute atomic E-state index is 13.0. The van der Waals surface area contributed by atoms with Crippen LogP contribution in [-0.4, -0.2) is 16.8 Å². The van der Waals surface area contributed by atoms with Gasteiger partial charge in [0.25, 0.3) is 0 Å². The molecule has 1 aromatic carbocycles. The summed E-state index contributed by atoms with van der Waals surface area (Å²) in [4.78, 5) is 11.8. The summed E-state index contributed by atoms with van der Waals surface area (Å²) in [7, 11) is 0. The van der Waals surface area contributed by atoms with Gasteiger partial charge in [0.15, 0.2) is 11.6 Å². The summed E-state index contributed by atoms with van der Waals surface area (Å²) in [5, 5.41) is 3.64. The number of rotatable bonds is 5. The first-order valence-electron chi connectivity index (χ1n) is 5.65. The molecule has 0 aliphatic rings. The van der Waals surface area contributed by atoms with Crippen molar-refractivity contribution in [2.75, 3.05) is 5.33 Å². The molecule has 0 fully saturated rings. The van der Waals surface area contributed by atoms with Crippen LogP contribution in [0.5, 0.6) is 0 Å². The maximum atomic E-state index is 13.0. The summed E-state index contributed by atoms with van der Waals surface area (Å²) in [6, 6.07) is 3.49. The largest absolute Gasteiger partial charge is 0.351 e. The third-order valence-corrected chi connectivity index (χ3v) is 2.94. The predicted molar refractivity (Wildman–Crippen MR) is 70.7 cm³/mol. The van der Waals surface area contributed by atoms with Crippen LogP contribution in [0.15, 0.2) is 18.2 Å². The van der Waals surface area contributed by atoms with E-state index in [1.165, 1.54) is 6.07 Å². The summed E-state index contributed by atoms with van der Waals surface area (Å²) in [5.74, 6) is -2.04. The monoisotopic (exact) mass is 319 g/mol. The highest BCUT2D eigenvalue weighted by atomic mass is 79.9. The lowest BCUT2D eigenvalue weighted by atomic mass is 10.0. The van der Waals surface area contributed by atoms with Crippen LogP contribution in [-0.2, 0) is 11.2 Å². The normalized spacial score (nSPS) is 11.4. The molecule has 5 heteroatoms. The van der Waals surface area contributed by atoms with E-state index in [1.54, 1.807) is 0 Å². The average molecular weight is 320 g/mol. The highest BCUT2D eigenvalue weighted by Gasteiger charge is 2.19. The summed E-state index contributed by atoms with van der Waals surface area (Å²) < 4.78 is 25.7. The minimum absolute atomic E-state index is 0.0446. The zero-order valence-corrected chi connectivity index (χ0v) is 12.0. The van der Waals surface area contributed by atoms with Crippen LogP contribution in [0.3, 0.4) is 0 Å². The molecule has 0 saturated carbocycles. The Morgan fingerprint density at radius 3 is 2.56 bits per heavy atom. The Morgan fingerprint density at radius 2 is 2.00 bits per heavy atom. The van der Waals surface area contributed by atoms with Crippen LogP contribution in [0.1, 0.15) is 25.8 Å². The van der Waals surface area contributed by atoms with Gasteiger partial charge < -0.3 is 5.32 Å². The van der Waals surface area contributed by atoms with Crippen molar-refractivity contribution >= 4 is 21.8 Å². The lowest BCUT2D eigenvalue weighted by molar-refractivity contribution is -0.122. The van der Waals surface area contributed by atoms with Gasteiger partial charge in [0, 0.05) is 10.9 Å². The topological polar surface area (TPSA) is 29.1 Å². The van der Waals surface area contributed by atoms with Crippen molar-refractivity contribution < 1.29 is 13.6 Å². The molecule has 18 heavy (non-hydrogen) atoms. The SMILES string of the molecule is CC(C)(CCBr)NC(=O)Cc1ccc(F)c(F)c1. The van der Waals surface area contributed by atoms with Gasteiger partial charge in [0.2, 0.25) is 5.91 Å². The third-order valence-electron chi connectivity index (χ3n) is 2.55. The second-order valence-corrected chi connectivity index (χ2v) is 5.59. The average Bonchev–Trinajstić information content (AvgIpc) is 2.22. The van der Waals surface area contributed by atoms with Crippen LogP contribution in [0.4, 0.5) is 8.78 Å². The minimum atomic E-state index is -0.931. The van der Waals surface area contributed by atoms with E-state index < -0.39 is 11.6 Å². The molecule has 0 heterocycles. The summed E-state index contributed by atoms with van der Waals surface area (Å²) >= 11 is 3.32. The minimum Gasteiger partial charge on any atom is -0.351 e. The smallest absolute Gasteiger partial charge is 0.224 e. The number of carbonyl (C=O) groups is 1. The number of nitrogens with one attached hydrogen (secondary N) is 1. The third kappa shape index (κ3) is 4.72. The number of hydrogen-bond acceptors (Lipinski definition) is 1. The van der Waals surface area contributed by atoms with Gasteiger partial charge in [0.1, 0.15) is 0 Å². The van der Waals surface area contributed by atoms with Crippen LogP contribution < -0.4 is 5.32 Å². The highest BCUT2D eigenvalue weighted by molar-refractivity contribution is 9.09. The molecule has 0 aliphatic carbocycles. The molecule has 2 nitrogen and oxygen atoms in total. The lowest BCUT2D eigenvalue weighted by Gasteiger charge is -2.25. The van der Waals surface area contributed by atoms with E-state index in [9.17, 15) is 13.6 Å². The number of alkyl halides is 1. The first kappa shape index (κ1) is 15.1. The number of amides is 1. The van der Waals surface area contributed by atoms with E-state index in [0.717, 1.165) is 23.9 Å².